The fourth-order valence-electron chi connectivity index (χ4n) is 3.18. The topological polar surface area (TPSA) is 125 Å². The molecule has 4 rings (SSSR count). The molecule has 2 aliphatic carbocycles. The molecule has 2 aliphatic rings. The standard InChI is InChI=1S/C14H16N4O4S/c19-13-10-4-8(6-15-12(10)16-14(20)17-13)23(21,22)18-11-5-9(11)7-2-1-3-7/h4,6-7,9,11,18H,1-3,5H2,(H2,15,16,17,19,20)/t9-,11+/m0/s1. The first-order chi connectivity index (χ1) is 10.9. The van der Waals surface area contributed by atoms with Crippen molar-refractivity contribution in [3.05, 3.63) is 33.1 Å². The zero-order valence-electron chi connectivity index (χ0n) is 12.2. The van der Waals surface area contributed by atoms with Crippen LogP contribution in [-0.4, -0.2) is 29.4 Å². The average Bonchev–Trinajstić information content (AvgIpc) is 3.13. The molecule has 2 aromatic heterocycles. The van der Waals surface area contributed by atoms with Crippen molar-refractivity contribution in [1.82, 2.24) is 19.7 Å². The lowest BCUT2D eigenvalue weighted by molar-refractivity contribution is 0.272. The molecule has 9 heteroatoms. The van der Waals surface area contributed by atoms with Crippen LogP contribution in [0.3, 0.4) is 0 Å². The molecule has 0 amide bonds. The Morgan fingerprint density at radius 1 is 1.22 bits per heavy atom. The number of fused-ring (bicyclic) bond motifs is 1. The highest BCUT2D eigenvalue weighted by molar-refractivity contribution is 7.89. The number of rotatable bonds is 4. The Morgan fingerprint density at radius 2 is 2.00 bits per heavy atom. The van der Waals surface area contributed by atoms with Crippen molar-refractivity contribution in [1.29, 1.82) is 0 Å². The van der Waals surface area contributed by atoms with Gasteiger partial charge in [0.25, 0.3) is 5.56 Å². The van der Waals surface area contributed by atoms with E-state index in [1.807, 2.05) is 0 Å². The Balaban J connectivity index is 1.62. The van der Waals surface area contributed by atoms with Gasteiger partial charge in [-0.2, -0.15) is 0 Å². The molecular formula is C14H16N4O4S. The second-order valence-corrected chi connectivity index (χ2v) is 8.01. The molecule has 8 nitrogen and oxygen atoms in total. The lowest BCUT2D eigenvalue weighted by Gasteiger charge is -2.25. The fraction of sp³-hybridized carbons (Fsp3) is 0.500. The Kier molecular flexibility index (Phi) is 3.17. The van der Waals surface area contributed by atoms with Gasteiger partial charge in [-0.25, -0.2) is 22.9 Å². The second kappa shape index (κ2) is 5.00. The minimum absolute atomic E-state index is 0.0186. The van der Waals surface area contributed by atoms with Crippen LogP contribution >= 0.6 is 0 Å². The first-order valence-corrected chi connectivity index (χ1v) is 9.07. The summed E-state index contributed by atoms with van der Waals surface area (Å²) in [4.78, 5) is 31.2. The number of nitrogens with one attached hydrogen (secondary N) is 3. The molecule has 0 radical (unpaired) electrons. The van der Waals surface area contributed by atoms with E-state index in [2.05, 4.69) is 19.7 Å². The molecule has 2 saturated carbocycles. The second-order valence-electron chi connectivity index (χ2n) is 6.29. The summed E-state index contributed by atoms with van der Waals surface area (Å²) in [6.07, 6.45) is 5.63. The summed E-state index contributed by atoms with van der Waals surface area (Å²) in [6, 6.07) is 1.22. The van der Waals surface area contributed by atoms with Crippen LogP contribution in [-0.2, 0) is 10.0 Å². The third-order valence-electron chi connectivity index (χ3n) is 4.78. The largest absolute Gasteiger partial charge is 0.327 e. The molecule has 0 bridgehead atoms. The smallest absolute Gasteiger partial charge is 0.291 e. The van der Waals surface area contributed by atoms with Gasteiger partial charge in [0.15, 0.2) is 0 Å². The third-order valence-corrected chi connectivity index (χ3v) is 6.24. The molecule has 122 valence electrons. The van der Waals surface area contributed by atoms with E-state index >= 15 is 0 Å². The van der Waals surface area contributed by atoms with Gasteiger partial charge < -0.3 is 0 Å². The minimum atomic E-state index is -3.72. The molecule has 23 heavy (non-hydrogen) atoms. The predicted molar refractivity (Wildman–Crippen MR) is 82.5 cm³/mol. The van der Waals surface area contributed by atoms with Gasteiger partial charge in [0, 0.05) is 12.2 Å². The van der Waals surface area contributed by atoms with E-state index in [4.69, 9.17) is 0 Å². The van der Waals surface area contributed by atoms with Gasteiger partial charge in [-0.15, -0.1) is 0 Å². The van der Waals surface area contributed by atoms with Crippen molar-refractivity contribution in [2.24, 2.45) is 11.8 Å². The highest BCUT2D eigenvalue weighted by atomic mass is 32.2. The number of pyridine rings is 1. The first kappa shape index (κ1) is 14.6. The van der Waals surface area contributed by atoms with Crippen LogP contribution in [0.4, 0.5) is 0 Å². The lowest BCUT2D eigenvalue weighted by Crippen LogP contribution is -2.30. The number of H-pyrrole nitrogens is 2. The number of sulfonamides is 1. The maximum Gasteiger partial charge on any atom is 0.327 e. The van der Waals surface area contributed by atoms with E-state index in [0.29, 0.717) is 11.8 Å². The zero-order chi connectivity index (χ0) is 16.2. The summed E-state index contributed by atoms with van der Waals surface area (Å²) in [6.45, 7) is 0. The average molecular weight is 336 g/mol. The molecule has 2 fully saturated rings. The molecule has 3 N–H and O–H groups in total. The Bertz CT molecular complexity index is 990. The van der Waals surface area contributed by atoms with E-state index in [1.165, 1.54) is 25.3 Å². The van der Waals surface area contributed by atoms with Gasteiger partial charge in [0.05, 0.1) is 5.39 Å². The number of aromatic nitrogens is 3. The van der Waals surface area contributed by atoms with Crippen LogP contribution in [0.1, 0.15) is 25.7 Å². The summed E-state index contributed by atoms with van der Waals surface area (Å²) in [7, 11) is -3.72. The highest BCUT2D eigenvalue weighted by Gasteiger charge is 2.46. The van der Waals surface area contributed by atoms with E-state index < -0.39 is 21.3 Å². The number of nitrogens with zero attached hydrogens (tertiary/aromatic N) is 1. The van der Waals surface area contributed by atoms with Crippen molar-refractivity contribution in [3.8, 4) is 0 Å². The van der Waals surface area contributed by atoms with Gasteiger partial charge in [-0.05, 0) is 24.3 Å². The predicted octanol–water partition coefficient (Wildman–Crippen LogP) is 0.0783. The maximum atomic E-state index is 12.4. The Labute approximate surface area is 131 Å². The molecule has 0 spiro atoms. The lowest BCUT2D eigenvalue weighted by atomic mass is 9.81. The number of aromatic amines is 2. The van der Waals surface area contributed by atoms with Gasteiger partial charge in [-0.1, -0.05) is 19.3 Å². The summed E-state index contributed by atoms with van der Waals surface area (Å²) < 4.78 is 27.6. The van der Waals surface area contributed by atoms with Gasteiger partial charge >= 0.3 is 5.69 Å². The Morgan fingerprint density at radius 3 is 2.70 bits per heavy atom. The first-order valence-electron chi connectivity index (χ1n) is 7.59. The SMILES string of the molecule is O=c1[nH]c(=O)c2cc(S(=O)(=O)N[C@@H]3C[C@H]3C3CCC3)cnc2[nH]1. The maximum absolute atomic E-state index is 12.4. The van der Waals surface area contributed by atoms with E-state index in [1.54, 1.807) is 0 Å². The number of hydrogen-bond donors (Lipinski definition) is 3. The van der Waals surface area contributed by atoms with Gasteiger partial charge in [0.1, 0.15) is 10.5 Å². The minimum Gasteiger partial charge on any atom is -0.291 e. The molecule has 0 unspecified atom stereocenters. The van der Waals surface area contributed by atoms with Gasteiger partial charge in [-0.3, -0.25) is 14.8 Å². The monoisotopic (exact) mass is 336 g/mol. The van der Waals surface area contributed by atoms with Crippen LogP contribution in [0.2, 0.25) is 0 Å². The van der Waals surface area contributed by atoms with Crippen LogP contribution in [0.25, 0.3) is 11.0 Å². The zero-order valence-corrected chi connectivity index (χ0v) is 13.0. The van der Waals surface area contributed by atoms with Crippen LogP contribution in [0.15, 0.2) is 26.7 Å². The quantitative estimate of drug-likeness (QED) is 0.729. The summed E-state index contributed by atoms with van der Waals surface area (Å²) in [5.41, 5.74) is -1.27. The van der Waals surface area contributed by atoms with E-state index in [9.17, 15) is 18.0 Å². The highest BCUT2D eigenvalue weighted by Crippen LogP contribution is 2.47. The normalized spacial score (nSPS) is 24.5. The van der Waals surface area contributed by atoms with E-state index in [-0.39, 0.29) is 22.0 Å². The third kappa shape index (κ3) is 2.59. The molecule has 2 atom stereocenters. The summed E-state index contributed by atoms with van der Waals surface area (Å²) in [5.74, 6) is 1.08. The van der Waals surface area contributed by atoms with Crippen LogP contribution in [0.5, 0.6) is 0 Å². The van der Waals surface area contributed by atoms with Crippen molar-refractivity contribution in [3.63, 3.8) is 0 Å². The van der Waals surface area contributed by atoms with E-state index in [0.717, 1.165) is 12.6 Å². The van der Waals surface area contributed by atoms with Crippen LogP contribution in [0, 0.1) is 11.8 Å². The summed E-state index contributed by atoms with van der Waals surface area (Å²) in [5, 5.41) is 0.0406. The summed E-state index contributed by atoms with van der Waals surface area (Å²) >= 11 is 0. The molecule has 2 aromatic rings. The van der Waals surface area contributed by atoms with Gasteiger partial charge in [0.2, 0.25) is 10.0 Å². The molecule has 0 saturated heterocycles. The Hall–Kier alpha value is -2.00. The molecule has 0 aliphatic heterocycles. The number of hydrogen-bond acceptors (Lipinski definition) is 5. The molecular weight excluding hydrogens is 320 g/mol. The van der Waals surface area contributed by atoms with Crippen molar-refractivity contribution < 1.29 is 8.42 Å². The molecule has 2 heterocycles. The van der Waals surface area contributed by atoms with Crippen molar-refractivity contribution >= 4 is 21.1 Å². The fourth-order valence-corrected chi connectivity index (χ4v) is 4.45. The van der Waals surface area contributed by atoms with Crippen molar-refractivity contribution in [2.45, 2.75) is 36.6 Å². The van der Waals surface area contributed by atoms with Crippen molar-refractivity contribution in [2.75, 3.05) is 0 Å². The van der Waals surface area contributed by atoms with Crippen LogP contribution < -0.4 is 16.0 Å². The molecule has 0 aromatic carbocycles.